The second-order valence-electron chi connectivity index (χ2n) is 2.64. The van der Waals surface area contributed by atoms with Crippen LogP contribution in [0.25, 0.3) is 0 Å². The Morgan fingerprint density at radius 3 is 2.50 bits per heavy atom. The zero-order chi connectivity index (χ0) is 9.78. The smallest absolute Gasteiger partial charge is 0.336 e. The molecule has 0 aliphatic carbocycles. The van der Waals surface area contributed by atoms with Crippen LogP contribution in [0.3, 0.4) is 0 Å². The van der Waals surface area contributed by atoms with Gasteiger partial charge < -0.3 is 4.74 Å². The van der Waals surface area contributed by atoms with E-state index < -0.39 is 6.85 Å². The minimum absolute atomic E-state index is 0.263. The minimum Gasteiger partial charge on any atom is -0.336 e. The van der Waals surface area contributed by atoms with Crippen molar-refractivity contribution in [1.82, 2.24) is 4.78 Å². The van der Waals surface area contributed by atoms with Gasteiger partial charge in [-0.3, -0.25) is 0 Å². The maximum Gasteiger partial charge on any atom is 0.345 e. The standard InChI is InChI=1S/C7H16N2OPS/c1-6-7(2,10-5)11(12)9(4)8-3/h3,6H2,1-2,4-5H3/q+1. The number of rotatable bonds is 5. The summed E-state index contributed by atoms with van der Waals surface area (Å²) < 4.78 is 7.07. The second kappa shape index (κ2) is 4.85. The van der Waals surface area contributed by atoms with E-state index in [0.29, 0.717) is 0 Å². The highest BCUT2D eigenvalue weighted by molar-refractivity contribution is 8.04. The maximum atomic E-state index is 5.37. The first-order chi connectivity index (χ1) is 5.51. The molecule has 0 rings (SSSR count). The zero-order valence-corrected chi connectivity index (χ0v) is 9.78. The molecule has 0 radical (unpaired) electrons. The normalized spacial score (nSPS) is 16.5. The Balaban J connectivity index is 4.52. The lowest BCUT2D eigenvalue weighted by molar-refractivity contribution is 0.0764. The first-order valence-corrected chi connectivity index (χ1v) is 6.05. The van der Waals surface area contributed by atoms with Crippen molar-refractivity contribution in [2.24, 2.45) is 5.10 Å². The largest absolute Gasteiger partial charge is 0.345 e. The molecular formula is C7H16N2OPS+. The van der Waals surface area contributed by atoms with E-state index >= 15 is 0 Å². The predicted octanol–water partition coefficient (Wildman–Crippen LogP) is 2.17. The van der Waals surface area contributed by atoms with Crippen molar-refractivity contribution in [3.05, 3.63) is 0 Å². The molecule has 0 aromatic heterocycles. The van der Waals surface area contributed by atoms with Crippen molar-refractivity contribution in [3.8, 4) is 0 Å². The molecule has 0 aromatic carbocycles. The summed E-state index contributed by atoms with van der Waals surface area (Å²) in [6.45, 7) is 6.68. The lowest BCUT2D eigenvalue weighted by Crippen LogP contribution is -2.25. The monoisotopic (exact) mass is 207 g/mol. The Bertz CT molecular complexity index is 182. The Morgan fingerprint density at radius 2 is 2.25 bits per heavy atom. The third kappa shape index (κ3) is 2.47. The Hall–Kier alpha value is -0.0500. The molecular weight excluding hydrogens is 191 g/mol. The van der Waals surface area contributed by atoms with Gasteiger partial charge in [-0.1, -0.05) is 6.92 Å². The fourth-order valence-electron chi connectivity index (χ4n) is 0.721. The van der Waals surface area contributed by atoms with Gasteiger partial charge in [0.2, 0.25) is 0 Å². The van der Waals surface area contributed by atoms with E-state index in [1.54, 1.807) is 11.9 Å². The zero-order valence-electron chi connectivity index (χ0n) is 8.07. The highest BCUT2D eigenvalue weighted by Crippen LogP contribution is 2.44. The summed E-state index contributed by atoms with van der Waals surface area (Å²) in [4.78, 5) is 0. The van der Waals surface area contributed by atoms with Gasteiger partial charge in [0.1, 0.15) is 0 Å². The van der Waals surface area contributed by atoms with Crippen LogP contribution in [0.5, 0.6) is 0 Å². The van der Waals surface area contributed by atoms with Crippen molar-refractivity contribution in [1.29, 1.82) is 0 Å². The van der Waals surface area contributed by atoms with E-state index in [2.05, 4.69) is 18.7 Å². The molecule has 2 atom stereocenters. The summed E-state index contributed by atoms with van der Waals surface area (Å²) >= 11 is 5.32. The summed E-state index contributed by atoms with van der Waals surface area (Å²) in [6, 6.07) is 0. The predicted molar refractivity (Wildman–Crippen MR) is 57.3 cm³/mol. The molecule has 0 aliphatic heterocycles. The molecule has 0 fully saturated rings. The van der Waals surface area contributed by atoms with Crippen LogP contribution in [0.1, 0.15) is 20.3 Å². The molecule has 0 aromatic rings. The average Bonchev–Trinajstić information content (AvgIpc) is 2.14. The van der Waals surface area contributed by atoms with Gasteiger partial charge in [-0.05, 0) is 0 Å². The molecule has 0 saturated heterocycles. The fraction of sp³-hybridized carbons (Fsp3) is 0.857. The number of hydrogen-bond acceptors (Lipinski definition) is 3. The highest BCUT2D eigenvalue weighted by Gasteiger charge is 2.42. The van der Waals surface area contributed by atoms with Crippen LogP contribution in [0.2, 0.25) is 0 Å². The van der Waals surface area contributed by atoms with E-state index in [-0.39, 0.29) is 5.34 Å². The SMILES string of the molecule is C=NN(C)[P+](=S)C(C)(CC)OC. The van der Waals surface area contributed by atoms with Gasteiger partial charge >= 0.3 is 6.85 Å². The summed E-state index contributed by atoms with van der Waals surface area (Å²) in [6.07, 6.45) is 0.887. The number of nitrogens with zero attached hydrogens (tertiary/aromatic N) is 2. The van der Waals surface area contributed by atoms with Gasteiger partial charge in [-0.2, -0.15) is 5.10 Å². The first kappa shape index (κ1) is 11.9. The molecule has 5 heteroatoms. The van der Waals surface area contributed by atoms with Crippen LogP contribution in [0.15, 0.2) is 5.10 Å². The number of hydrogen-bond donors (Lipinski definition) is 0. The van der Waals surface area contributed by atoms with Crippen LogP contribution < -0.4 is 0 Å². The van der Waals surface area contributed by atoms with Crippen LogP contribution in [0, 0.1) is 0 Å². The highest BCUT2D eigenvalue weighted by atomic mass is 32.4. The third-order valence-corrected chi connectivity index (χ3v) is 5.80. The summed E-state index contributed by atoms with van der Waals surface area (Å²) in [5, 5.41) is 3.52. The molecule has 0 saturated carbocycles. The molecule has 0 bridgehead atoms. The van der Waals surface area contributed by atoms with Gasteiger partial charge in [0, 0.05) is 27.2 Å². The van der Waals surface area contributed by atoms with Crippen LogP contribution >= 0.6 is 6.85 Å². The number of hydrazone groups is 1. The Kier molecular flexibility index (Phi) is 4.83. The van der Waals surface area contributed by atoms with Crippen LogP contribution in [-0.4, -0.2) is 31.0 Å². The molecule has 0 N–H and O–H groups in total. The Labute approximate surface area is 80.3 Å². The van der Waals surface area contributed by atoms with Crippen LogP contribution in [-0.2, 0) is 16.5 Å². The van der Waals surface area contributed by atoms with E-state index in [1.807, 2.05) is 14.0 Å². The second-order valence-corrected chi connectivity index (χ2v) is 5.74. The summed E-state index contributed by atoms with van der Waals surface area (Å²) in [5.74, 6) is 0. The van der Waals surface area contributed by atoms with E-state index in [4.69, 9.17) is 16.5 Å². The lowest BCUT2D eigenvalue weighted by Gasteiger charge is -2.19. The quantitative estimate of drug-likeness (QED) is 0.392. The van der Waals surface area contributed by atoms with E-state index in [0.717, 1.165) is 6.42 Å². The van der Waals surface area contributed by atoms with Gasteiger partial charge in [0.15, 0.2) is 11.8 Å². The van der Waals surface area contributed by atoms with Crippen molar-refractivity contribution >= 4 is 25.4 Å². The molecule has 12 heavy (non-hydrogen) atoms. The molecule has 3 nitrogen and oxygen atoms in total. The Morgan fingerprint density at radius 1 is 1.75 bits per heavy atom. The number of methoxy groups -OCH3 is 1. The fourth-order valence-corrected chi connectivity index (χ4v) is 2.64. The molecule has 0 spiro atoms. The number of ether oxygens (including phenoxy) is 1. The van der Waals surface area contributed by atoms with Gasteiger partial charge in [-0.25, -0.2) is 0 Å². The van der Waals surface area contributed by atoms with Crippen molar-refractivity contribution < 1.29 is 4.74 Å². The summed E-state index contributed by atoms with van der Waals surface area (Å²) in [7, 11) is 3.51. The van der Waals surface area contributed by atoms with Gasteiger partial charge in [-0.15, -0.1) is 4.78 Å². The topological polar surface area (TPSA) is 24.8 Å². The van der Waals surface area contributed by atoms with Gasteiger partial charge in [0.25, 0.3) is 5.34 Å². The first-order valence-electron chi connectivity index (χ1n) is 3.74. The maximum absolute atomic E-state index is 5.37. The molecule has 0 amide bonds. The van der Waals surface area contributed by atoms with Crippen LogP contribution in [0.4, 0.5) is 0 Å². The molecule has 70 valence electrons. The van der Waals surface area contributed by atoms with E-state index in [1.165, 1.54) is 0 Å². The molecule has 0 aliphatic rings. The van der Waals surface area contributed by atoms with Crippen molar-refractivity contribution in [2.75, 3.05) is 14.2 Å². The lowest BCUT2D eigenvalue weighted by atomic mass is 10.3. The van der Waals surface area contributed by atoms with E-state index in [9.17, 15) is 0 Å². The molecule has 0 heterocycles. The van der Waals surface area contributed by atoms with Crippen molar-refractivity contribution in [3.63, 3.8) is 0 Å². The molecule has 2 unspecified atom stereocenters. The summed E-state index contributed by atoms with van der Waals surface area (Å²) in [5.41, 5.74) is 0. The minimum atomic E-state index is -0.822. The third-order valence-electron chi connectivity index (χ3n) is 1.97. The van der Waals surface area contributed by atoms with Gasteiger partial charge in [0.05, 0.1) is 7.05 Å². The average molecular weight is 207 g/mol. The van der Waals surface area contributed by atoms with Crippen molar-refractivity contribution in [2.45, 2.75) is 25.6 Å².